The van der Waals surface area contributed by atoms with E-state index in [1.807, 2.05) is 0 Å². The molecule has 1 aromatic carbocycles. The van der Waals surface area contributed by atoms with E-state index in [-0.39, 0.29) is 12.2 Å². The summed E-state index contributed by atoms with van der Waals surface area (Å²) in [6.45, 7) is 1.29. The third-order valence-corrected chi connectivity index (χ3v) is 2.14. The lowest BCUT2D eigenvalue weighted by atomic mass is 9.99. The topological polar surface area (TPSA) is 20.2 Å². The molecule has 0 saturated carbocycles. The molecule has 0 aromatic heterocycles. The highest BCUT2D eigenvalue weighted by atomic mass is 19.4. The highest BCUT2D eigenvalue weighted by Crippen LogP contribution is 2.33. The van der Waals surface area contributed by atoms with Gasteiger partial charge in [0.05, 0.1) is 5.56 Å². The van der Waals surface area contributed by atoms with Gasteiger partial charge in [-0.05, 0) is 17.7 Å². The van der Waals surface area contributed by atoms with Gasteiger partial charge in [0, 0.05) is 12.5 Å². The second-order valence-electron chi connectivity index (χ2n) is 3.32. The summed E-state index contributed by atoms with van der Waals surface area (Å²) in [6.07, 6.45) is -4.70. The second kappa shape index (κ2) is 4.18. The fraction of sp³-hybridized carbons (Fsp3) is 0.400. The molecule has 0 radical (unpaired) electrons. The van der Waals surface area contributed by atoms with Gasteiger partial charge in [0.25, 0.3) is 0 Å². The van der Waals surface area contributed by atoms with Crippen molar-refractivity contribution >= 4 is 0 Å². The smallest absolute Gasteiger partial charge is 0.396 e. The van der Waals surface area contributed by atoms with Crippen LogP contribution in [0.4, 0.5) is 17.6 Å². The zero-order chi connectivity index (χ0) is 11.6. The molecule has 0 saturated heterocycles. The molecule has 5 heteroatoms. The molecule has 84 valence electrons. The lowest BCUT2D eigenvalue weighted by Crippen LogP contribution is -2.10. The van der Waals surface area contributed by atoms with Gasteiger partial charge in [-0.15, -0.1) is 0 Å². The van der Waals surface area contributed by atoms with Crippen LogP contribution in [-0.2, 0) is 6.18 Å². The Morgan fingerprint density at radius 3 is 2.40 bits per heavy atom. The van der Waals surface area contributed by atoms with Crippen molar-refractivity contribution in [1.82, 2.24) is 0 Å². The third kappa shape index (κ3) is 2.68. The van der Waals surface area contributed by atoms with Crippen LogP contribution in [0.15, 0.2) is 18.2 Å². The van der Waals surface area contributed by atoms with E-state index in [0.717, 1.165) is 12.1 Å². The maximum Gasteiger partial charge on any atom is 0.419 e. The van der Waals surface area contributed by atoms with Gasteiger partial charge in [0.1, 0.15) is 5.82 Å². The summed E-state index contributed by atoms with van der Waals surface area (Å²) in [7, 11) is 0. The van der Waals surface area contributed by atoms with Gasteiger partial charge in [-0.3, -0.25) is 0 Å². The van der Waals surface area contributed by atoms with Crippen LogP contribution >= 0.6 is 0 Å². The monoisotopic (exact) mass is 222 g/mol. The van der Waals surface area contributed by atoms with Crippen molar-refractivity contribution in [3.8, 4) is 0 Å². The Balaban J connectivity index is 3.17. The summed E-state index contributed by atoms with van der Waals surface area (Å²) in [5, 5.41) is 8.78. The molecule has 1 atom stereocenters. The van der Waals surface area contributed by atoms with Crippen LogP contribution in [0.1, 0.15) is 24.0 Å². The maximum absolute atomic E-state index is 12.9. The van der Waals surface area contributed by atoms with Crippen LogP contribution in [0.25, 0.3) is 0 Å². The van der Waals surface area contributed by atoms with Crippen molar-refractivity contribution in [1.29, 1.82) is 0 Å². The number of halogens is 4. The number of aliphatic hydroxyl groups is 1. The Bertz CT molecular complexity index is 346. The SMILES string of the molecule is CC(CO)c1ccc(F)c(C(F)(F)F)c1. The van der Waals surface area contributed by atoms with Crippen LogP contribution < -0.4 is 0 Å². The standard InChI is InChI=1S/C10H10F4O/c1-6(5-15)7-2-3-9(11)8(4-7)10(12,13)14/h2-4,6,15H,5H2,1H3. The molecule has 1 aromatic rings. The van der Waals surface area contributed by atoms with Crippen molar-refractivity contribution in [3.05, 3.63) is 35.1 Å². The zero-order valence-electron chi connectivity index (χ0n) is 7.98. The minimum Gasteiger partial charge on any atom is -0.396 e. The van der Waals surface area contributed by atoms with E-state index in [1.165, 1.54) is 6.07 Å². The molecule has 0 aliphatic rings. The molecule has 1 N–H and O–H groups in total. The molecule has 1 unspecified atom stereocenters. The highest BCUT2D eigenvalue weighted by Gasteiger charge is 2.34. The molecule has 0 spiro atoms. The van der Waals surface area contributed by atoms with Crippen molar-refractivity contribution in [2.75, 3.05) is 6.61 Å². The van der Waals surface area contributed by atoms with E-state index in [2.05, 4.69) is 0 Å². The van der Waals surface area contributed by atoms with Gasteiger partial charge in [-0.25, -0.2) is 4.39 Å². The van der Waals surface area contributed by atoms with Crippen molar-refractivity contribution < 1.29 is 22.7 Å². The Hall–Kier alpha value is -1.10. The van der Waals surface area contributed by atoms with E-state index in [1.54, 1.807) is 6.92 Å². The lowest BCUT2D eigenvalue weighted by Gasteiger charge is -2.13. The molecular formula is C10H10F4O. The van der Waals surface area contributed by atoms with Crippen molar-refractivity contribution in [3.63, 3.8) is 0 Å². The third-order valence-electron chi connectivity index (χ3n) is 2.14. The highest BCUT2D eigenvalue weighted by molar-refractivity contribution is 5.29. The van der Waals surface area contributed by atoms with E-state index in [9.17, 15) is 17.6 Å². The van der Waals surface area contributed by atoms with Gasteiger partial charge in [-0.2, -0.15) is 13.2 Å². The number of alkyl halides is 3. The molecular weight excluding hydrogens is 212 g/mol. The predicted octanol–water partition coefficient (Wildman–Crippen LogP) is 2.94. The van der Waals surface area contributed by atoms with Gasteiger partial charge >= 0.3 is 6.18 Å². The number of hydrogen-bond donors (Lipinski definition) is 1. The van der Waals surface area contributed by atoms with E-state index in [0.29, 0.717) is 0 Å². The normalized spacial score (nSPS) is 14.0. The average Bonchev–Trinajstić information content (AvgIpc) is 2.15. The van der Waals surface area contributed by atoms with Crippen LogP contribution in [0.5, 0.6) is 0 Å². The lowest BCUT2D eigenvalue weighted by molar-refractivity contribution is -0.140. The van der Waals surface area contributed by atoms with Gasteiger partial charge < -0.3 is 5.11 Å². The first-order valence-corrected chi connectivity index (χ1v) is 4.33. The second-order valence-corrected chi connectivity index (χ2v) is 3.32. The fourth-order valence-corrected chi connectivity index (χ4v) is 1.17. The summed E-state index contributed by atoms with van der Waals surface area (Å²) >= 11 is 0. The minimum atomic E-state index is -4.70. The van der Waals surface area contributed by atoms with Gasteiger partial charge in [-0.1, -0.05) is 13.0 Å². The number of hydrogen-bond acceptors (Lipinski definition) is 1. The maximum atomic E-state index is 12.9. The molecule has 0 fully saturated rings. The van der Waals surface area contributed by atoms with E-state index < -0.39 is 23.5 Å². The Morgan fingerprint density at radius 1 is 1.33 bits per heavy atom. The summed E-state index contributed by atoms with van der Waals surface area (Å²) in [5.41, 5.74) is -1.02. The first-order valence-electron chi connectivity index (χ1n) is 4.33. The summed E-state index contributed by atoms with van der Waals surface area (Å²) in [5.74, 6) is -1.73. The first-order chi connectivity index (χ1) is 6.86. The summed E-state index contributed by atoms with van der Waals surface area (Å²) < 4.78 is 49.7. The quantitative estimate of drug-likeness (QED) is 0.763. The van der Waals surface area contributed by atoms with Crippen LogP contribution in [0.2, 0.25) is 0 Å². The number of benzene rings is 1. The molecule has 1 rings (SSSR count). The molecule has 15 heavy (non-hydrogen) atoms. The summed E-state index contributed by atoms with van der Waals surface area (Å²) in [6, 6.07) is 2.74. The molecule has 0 aliphatic carbocycles. The molecule has 1 nitrogen and oxygen atoms in total. The van der Waals surface area contributed by atoms with Crippen molar-refractivity contribution in [2.24, 2.45) is 0 Å². The largest absolute Gasteiger partial charge is 0.419 e. The Morgan fingerprint density at radius 2 is 1.93 bits per heavy atom. The fourth-order valence-electron chi connectivity index (χ4n) is 1.17. The van der Waals surface area contributed by atoms with Gasteiger partial charge in [0.2, 0.25) is 0 Å². The van der Waals surface area contributed by atoms with E-state index in [4.69, 9.17) is 5.11 Å². The molecule has 0 amide bonds. The number of aliphatic hydroxyl groups excluding tert-OH is 1. The van der Waals surface area contributed by atoms with Crippen LogP contribution in [0.3, 0.4) is 0 Å². The van der Waals surface area contributed by atoms with E-state index >= 15 is 0 Å². The van der Waals surface area contributed by atoms with Crippen molar-refractivity contribution in [2.45, 2.75) is 19.0 Å². The Labute approximate surface area is 84.3 Å². The minimum absolute atomic E-state index is 0.270. The van der Waals surface area contributed by atoms with Crippen LogP contribution in [0, 0.1) is 5.82 Å². The molecule has 0 heterocycles. The average molecular weight is 222 g/mol. The van der Waals surface area contributed by atoms with Crippen LogP contribution in [-0.4, -0.2) is 11.7 Å². The predicted molar refractivity (Wildman–Crippen MR) is 46.9 cm³/mol. The Kier molecular flexibility index (Phi) is 3.34. The number of rotatable bonds is 2. The van der Waals surface area contributed by atoms with Gasteiger partial charge in [0.15, 0.2) is 0 Å². The molecule has 0 bridgehead atoms. The zero-order valence-corrected chi connectivity index (χ0v) is 7.98. The molecule has 0 aliphatic heterocycles. The summed E-state index contributed by atoms with van der Waals surface area (Å²) in [4.78, 5) is 0. The first kappa shape index (κ1) is 12.0.